The van der Waals surface area contributed by atoms with Gasteiger partial charge in [-0.25, -0.2) is 12.8 Å². The van der Waals surface area contributed by atoms with E-state index in [2.05, 4.69) is 10.6 Å². The zero-order valence-corrected chi connectivity index (χ0v) is 16.3. The quantitative estimate of drug-likeness (QED) is 0.512. The van der Waals surface area contributed by atoms with Gasteiger partial charge in [-0.1, -0.05) is 0 Å². The summed E-state index contributed by atoms with van der Waals surface area (Å²) in [5, 5.41) is 3.52. The van der Waals surface area contributed by atoms with E-state index in [1.165, 1.54) is 18.4 Å². The molecule has 0 aliphatic carbocycles. The Bertz CT molecular complexity index is 938. The highest BCUT2D eigenvalue weighted by atomic mass is 32.2. The molecule has 1 aliphatic heterocycles. The van der Waals surface area contributed by atoms with Crippen molar-refractivity contribution in [2.24, 2.45) is 0 Å². The van der Waals surface area contributed by atoms with Crippen LogP contribution in [0.4, 0.5) is 4.39 Å². The van der Waals surface area contributed by atoms with Gasteiger partial charge in [0, 0.05) is 19.7 Å². The van der Waals surface area contributed by atoms with Gasteiger partial charge in [0.05, 0.1) is 17.3 Å². The fourth-order valence-corrected chi connectivity index (χ4v) is 4.57. The van der Waals surface area contributed by atoms with Crippen molar-refractivity contribution in [1.29, 1.82) is 0 Å². The Kier molecular flexibility index (Phi) is 6.65. The van der Waals surface area contributed by atoms with E-state index >= 15 is 0 Å². The monoisotopic (exact) mass is 424 g/mol. The number of nitrogens with one attached hydrogen (secondary N) is 2. The topological polar surface area (TPSA) is 115 Å². The first-order valence-corrected chi connectivity index (χ1v) is 10.6. The Labute approximate surface area is 167 Å². The molecule has 0 bridgehead atoms. The Morgan fingerprint density at radius 3 is 2.48 bits per heavy atom. The summed E-state index contributed by atoms with van der Waals surface area (Å²) in [6, 6.07) is 7.30. The molecule has 2 aromatic rings. The van der Waals surface area contributed by atoms with Crippen LogP contribution >= 0.6 is 0 Å². The number of rotatable bonds is 7. The second-order valence-electron chi connectivity index (χ2n) is 6.56. The SMILES string of the molecule is O=C(NCC1CCCO1)C(=O)NCC(c1ccco1)S(=O)(=O)c1ccc(F)cc1. The molecule has 29 heavy (non-hydrogen) atoms. The molecule has 0 saturated carbocycles. The average molecular weight is 424 g/mol. The molecule has 10 heteroatoms. The van der Waals surface area contributed by atoms with Gasteiger partial charge in [-0.3, -0.25) is 9.59 Å². The largest absolute Gasteiger partial charge is 0.468 e. The lowest BCUT2D eigenvalue weighted by molar-refractivity contribution is -0.139. The number of ether oxygens (including phenoxy) is 1. The first kappa shape index (κ1) is 21.0. The highest BCUT2D eigenvalue weighted by Gasteiger charge is 2.32. The number of carbonyl (C=O) groups is 2. The molecule has 1 aromatic heterocycles. The third kappa shape index (κ3) is 5.21. The van der Waals surface area contributed by atoms with Crippen LogP contribution in [-0.2, 0) is 24.2 Å². The minimum absolute atomic E-state index is 0.0920. The molecular formula is C19H21FN2O6S. The number of amides is 2. The summed E-state index contributed by atoms with van der Waals surface area (Å²) >= 11 is 0. The second kappa shape index (κ2) is 9.19. The van der Waals surface area contributed by atoms with Crippen LogP contribution in [-0.4, -0.2) is 46.0 Å². The highest BCUT2D eigenvalue weighted by Crippen LogP contribution is 2.29. The summed E-state index contributed by atoms with van der Waals surface area (Å²) in [4.78, 5) is 23.9. The molecule has 1 aromatic carbocycles. The van der Waals surface area contributed by atoms with Crippen LogP contribution in [0.5, 0.6) is 0 Å². The Morgan fingerprint density at radius 2 is 1.86 bits per heavy atom. The molecule has 2 amide bonds. The van der Waals surface area contributed by atoms with E-state index in [1.807, 2.05) is 0 Å². The minimum Gasteiger partial charge on any atom is -0.468 e. The van der Waals surface area contributed by atoms with Gasteiger partial charge >= 0.3 is 11.8 Å². The third-order valence-corrected chi connectivity index (χ3v) is 6.62. The van der Waals surface area contributed by atoms with Crippen molar-refractivity contribution in [1.82, 2.24) is 10.6 Å². The van der Waals surface area contributed by atoms with E-state index < -0.39 is 32.7 Å². The maximum atomic E-state index is 13.2. The molecule has 0 spiro atoms. The van der Waals surface area contributed by atoms with Gasteiger partial charge in [0.25, 0.3) is 0 Å². The lowest BCUT2D eigenvalue weighted by atomic mass is 10.2. The molecule has 2 heterocycles. The van der Waals surface area contributed by atoms with Crippen LogP contribution in [0.25, 0.3) is 0 Å². The summed E-state index contributed by atoms with van der Waals surface area (Å²) in [5.41, 5.74) is 0. The molecular weight excluding hydrogens is 403 g/mol. The normalized spacial score (nSPS) is 17.6. The van der Waals surface area contributed by atoms with E-state index in [4.69, 9.17) is 9.15 Å². The number of hydrogen-bond acceptors (Lipinski definition) is 6. The number of sulfone groups is 1. The molecule has 1 saturated heterocycles. The lowest BCUT2D eigenvalue weighted by Gasteiger charge is -2.17. The molecule has 1 aliphatic rings. The molecule has 0 radical (unpaired) electrons. The van der Waals surface area contributed by atoms with E-state index in [1.54, 1.807) is 0 Å². The smallest absolute Gasteiger partial charge is 0.309 e. The first-order chi connectivity index (χ1) is 13.9. The molecule has 1 fully saturated rings. The third-order valence-electron chi connectivity index (χ3n) is 4.55. The van der Waals surface area contributed by atoms with Gasteiger partial charge < -0.3 is 19.8 Å². The van der Waals surface area contributed by atoms with E-state index in [0.29, 0.717) is 6.61 Å². The van der Waals surface area contributed by atoms with Gasteiger partial charge in [-0.05, 0) is 49.2 Å². The Morgan fingerprint density at radius 1 is 1.14 bits per heavy atom. The Hall–Kier alpha value is -2.72. The van der Waals surface area contributed by atoms with Gasteiger partial charge in [0.2, 0.25) is 0 Å². The summed E-state index contributed by atoms with van der Waals surface area (Å²) in [6.07, 6.45) is 2.89. The maximum Gasteiger partial charge on any atom is 0.309 e. The number of benzene rings is 1. The summed E-state index contributed by atoms with van der Waals surface area (Å²) in [6.45, 7) is 0.444. The van der Waals surface area contributed by atoms with Crippen molar-refractivity contribution in [2.75, 3.05) is 19.7 Å². The minimum atomic E-state index is -4.01. The molecule has 3 rings (SSSR count). The molecule has 2 N–H and O–H groups in total. The van der Waals surface area contributed by atoms with Crippen molar-refractivity contribution in [2.45, 2.75) is 29.1 Å². The van der Waals surface area contributed by atoms with Crippen molar-refractivity contribution >= 4 is 21.7 Å². The summed E-state index contributed by atoms with van der Waals surface area (Å²) in [7, 11) is -4.01. The van der Waals surface area contributed by atoms with Crippen LogP contribution in [0.1, 0.15) is 23.9 Å². The number of hydrogen-bond donors (Lipinski definition) is 2. The van der Waals surface area contributed by atoms with Crippen LogP contribution < -0.4 is 10.6 Å². The van der Waals surface area contributed by atoms with Crippen LogP contribution in [0.2, 0.25) is 0 Å². The summed E-state index contributed by atoms with van der Waals surface area (Å²) in [5.74, 6) is -2.32. The highest BCUT2D eigenvalue weighted by molar-refractivity contribution is 7.91. The molecule has 156 valence electrons. The maximum absolute atomic E-state index is 13.2. The van der Waals surface area contributed by atoms with Gasteiger partial charge in [0.15, 0.2) is 9.84 Å². The number of halogens is 1. The van der Waals surface area contributed by atoms with E-state index in [9.17, 15) is 22.4 Å². The van der Waals surface area contributed by atoms with Crippen molar-refractivity contribution in [3.8, 4) is 0 Å². The standard InChI is InChI=1S/C19H21FN2O6S/c20-13-5-7-15(8-6-13)29(25,26)17(16-4-2-10-28-16)12-22-19(24)18(23)21-11-14-3-1-9-27-14/h2,4-8,10,14,17H,1,3,9,11-12H2,(H,21,23)(H,22,24). The molecule has 8 nitrogen and oxygen atoms in total. The lowest BCUT2D eigenvalue weighted by Crippen LogP contribution is -2.44. The first-order valence-electron chi connectivity index (χ1n) is 9.08. The van der Waals surface area contributed by atoms with Crippen LogP contribution in [0.15, 0.2) is 52.0 Å². The van der Waals surface area contributed by atoms with Crippen molar-refractivity contribution in [3.05, 3.63) is 54.2 Å². The predicted molar refractivity (Wildman–Crippen MR) is 100 cm³/mol. The zero-order chi connectivity index (χ0) is 20.9. The van der Waals surface area contributed by atoms with Crippen LogP contribution in [0, 0.1) is 5.82 Å². The van der Waals surface area contributed by atoms with Crippen LogP contribution in [0.3, 0.4) is 0 Å². The second-order valence-corrected chi connectivity index (χ2v) is 8.69. The number of carbonyl (C=O) groups excluding carboxylic acids is 2. The fourth-order valence-electron chi connectivity index (χ4n) is 2.98. The summed E-state index contributed by atoms with van der Waals surface area (Å²) < 4.78 is 49.7. The van der Waals surface area contributed by atoms with E-state index in [-0.39, 0.29) is 29.8 Å². The predicted octanol–water partition coefficient (Wildman–Crippen LogP) is 1.35. The zero-order valence-electron chi connectivity index (χ0n) is 15.5. The van der Waals surface area contributed by atoms with Gasteiger partial charge in [0.1, 0.15) is 16.8 Å². The fraction of sp³-hybridized carbons (Fsp3) is 0.368. The van der Waals surface area contributed by atoms with Crippen molar-refractivity contribution in [3.63, 3.8) is 0 Å². The van der Waals surface area contributed by atoms with Crippen molar-refractivity contribution < 1.29 is 31.6 Å². The van der Waals surface area contributed by atoms with Gasteiger partial charge in [-0.15, -0.1) is 0 Å². The van der Waals surface area contributed by atoms with E-state index in [0.717, 1.165) is 37.1 Å². The molecule has 2 unspecified atom stereocenters. The molecule has 2 atom stereocenters. The average Bonchev–Trinajstić information content (AvgIpc) is 3.40. The van der Waals surface area contributed by atoms with Gasteiger partial charge in [-0.2, -0.15) is 0 Å². The Balaban J connectivity index is 1.67. The number of furan rings is 1.